The molecule has 2 rings (SSSR count). The lowest BCUT2D eigenvalue weighted by Crippen LogP contribution is -2.57. The highest BCUT2D eigenvalue weighted by Crippen LogP contribution is 2.09. The Morgan fingerprint density at radius 3 is 2.37 bits per heavy atom. The number of rotatable bonds is 17. The number of carboxylic acid groups (broad SMARTS) is 1. The van der Waals surface area contributed by atoms with Gasteiger partial charge in [0.05, 0.1) is 12.4 Å². The number of aliphatic imine (C=N–C) groups is 1. The molecule has 4 atom stereocenters. The number of carbonyl (C=O) groups is 4. The van der Waals surface area contributed by atoms with Gasteiger partial charge in [-0.2, -0.15) is 0 Å². The summed E-state index contributed by atoms with van der Waals surface area (Å²) >= 11 is 0. The van der Waals surface area contributed by atoms with Crippen molar-refractivity contribution in [2.75, 3.05) is 19.6 Å². The van der Waals surface area contributed by atoms with Crippen molar-refractivity contribution in [3.05, 3.63) is 18.2 Å². The number of imidazole rings is 1. The number of nitrogens with one attached hydrogen (secondary N) is 5. The third kappa shape index (κ3) is 10.7. The number of aromatic amines is 1. The molecule has 12 N–H and O–H groups in total. The molecule has 1 aliphatic heterocycles. The van der Waals surface area contributed by atoms with Gasteiger partial charge in [-0.05, 0) is 58.0 Å². The number of aliphatic carboxylic acids is 1. The number of amides is 3. The summed E-state index contributed by atoms with van der Waals surface area (Å²) in [5.41, 5.74) is 16.8. The number of unbranched alkanes of at least 4 members (excludes halogenated alkanes) is 1. The molecule has 1 saturated heterocycles. The number of nitrogens with two attached hydrogens (primary N) is 3. The van der Waals surface area contributed by atoms with Gasteiger partial charge < -0.3 is 48.6 Å². The quantitative estimate of drug-likeness (QED) is 0.0571. The van der Waals surface area contributed by atoms with Gasteiger partial charge in [-0.1, -0.05) is 0 Å². The average Bonchev–Trinajstić information content (AvgIpc) is 3.59. The van der Waals surface area contributed by atoms with Crippen LogP contribution in [-0.2, 0) is 25.6 Å². The number of carbonyl (C=O) groups excluding carboxylic acids is 3. The zero-order valence-corrected chi connectivity index (χ0v) is 21.4. The zero-order valence-electron chi connectivity index (χ0n) is 21.4. The topological polar surface area (TPSA) is 256 Å². The second kappa shape index (κ2) is 16.2. The van der Waals surface area contributed by atoms with Gasteiger partial charge in [-0.15, -0.1) is 0 Å². The van der Waals surface area contributed by atoms with E-state index >= 15 is 0 Å². The van der Waals surface area contributed by atoms with E-state index in [0.29, 0.717) is 44.5 Å². The van der Waals surface area contributed by atoms with Crippen molar-refractivity contribution < 1.29 is 24.3 Å². The van der Waals surface area contributed by atoms with Crippen molar-refractivity contribution in [1.29, 1.82) is 0 Å². The minimum atomic E-state index is -1.19. The molecule has 0 spiro atoms. The number of H-pyrrole nitrogens is 1. The Morgan fingerprint density at radius 2 is 1.76 bits per heavy atom. The number of carboxylic acids is 1. The highest BCUT2D eigenvalue weighted by molar-refractivity contribution is 5.94. The molecule has 2 heterocycles. The van der Waals surface area contributed by atoms with Crippen LogP contribution in [0, 0.1) is 0 Å². The van der Waals surface area contributed by atoms with Gasteiger partial charge in [0, 0.05) is 24.9 Å². The highest BCUT2D eigenvalue weighted by Gasteiger charge is 2.31. The molecule has 15 heteroatoms. The third-order valence-corrected chi connectivity index (χ3v) is 6.13. The number of hydrogen-bond donors (Lipinski definition) is 9. The van der Waals surface area contributed by atoms with E-state index < -0.39 is 42.0 Å². The third-order valence-electron chi connectivity index (χ3n) is 6.13. The van der Waals surface area contributed by atoms with E-state index in [-0.39, 0.29) is 37.7 Å². The van der Waals surface area contributed by atoms with E-state index in [4.69, 9.17) is 17.2 Å². The van der Waals surface area contributed by atoms with Crippen LogP contribution in [0.3, 0.4) is 0 Å². The minimum absolute atomic E-state index is 0.108. The van der Waals surface area contributed by atoms with Crippen LogP contribution in [0.15, 0.2) is 17.5 Å². The first-order valence-corrected chi connectivity index (χ1v) is 12.8. The van der Waals surface area contributed by atoms with Crippen LogP contribution in [0.25, 0.3) is 0 Å². The van der Waals surface area contributed by atoms with E-state index in [1.165, 1.54) is 6.33 Å². The number of aromatic nitrogens is 2. The fourth-order valence-electron chi connectivity index (χ4n) is 4.07. The molecule has 1 aromatic heterocycles. The summed E-state index contributed by atoms with van der Waals surface area (Å²) in [5.74, 6) is -2.87. The normalized spacial score (nSPS) is 17.1. The van der Waals surface area contributed by atoms with Crippen molar-refractivity contribution in [2.24, 2.45) is 22.2 Å². The molecule has 0 radical (unpaired) electrons. The number of hydrogen-bond acceptors (Lipinski definition) is 8. The summed E-state index contributed by atoms with van der Waals surface area (Å²) in [6.07, 6.45) is 6.42. The molecule has 4 unspecified atom stereocenters. The molecular weight excluding hydrogens is 496 g/mol. The second-order valence-electron chi connectivity index (χ2n) is 9.18. The fraction of sp³-hybridized carbons (Fsp3) is 0.652. The van der Waals surface area contributed by atoms with Crippen molar-refractivity contribution in [1.82, 2.24) is 31.2 Å². The molecule has 3 amide bonds. The Balaban J connectivity index is 2.15. The maximum absolute atomic E-state index is 13.3. The van der Waals surface area contributed by atoms with Gasteiger partial charge in [0.15, 0.2) is 5.96 Å². The molecule has 212 valence electrons. The lowest BCUT2D eigenvalue weighted by molar-refractivity contribution is -0.142. The first-order valence-electron chi connectivity index (χ1n) is 12.8. The maximum Gasteiger partial charge on any atom is 0.326 e. The van der Waals surface area contributed by atoms with E-state index in [1.54, 1.807) is 6.20 Å². The van der Waals surface area contributed by atoms with Crippen LogP contribution in [0.5, 0.6) is 0 Å². The monoisotopic (exact) mass is 536 g/mol. The standard InChI is InChI=1S/C23H40N10O5/c24-8-2-1-5-17(22(37)38)32-20(35)16(7-4-10-29-23(25)26)31-21(36)18(11-14-12-27-13-30-14)33-19(34)15-6-3-9-28-15/h12-13,15-18,28H,1-11,24H2,(H,27,30)(H,31,36)(H,32,35)(H,33,34)(H,37,38)(H4,25,26,29). The molecule has 15 nitrogen and oxygen atoms in total. The van der Waals surface area contributed by atoms with E-state index in [1.807, 2.05) is 0 Å². The molecule has 38 heavy (non-hydrogen) atoms. The summed E-state index contributed by atoms with van der Waals surface area (Å²) in [6.45, 7) is 1.33. The Hall–Kier alpha value is -3.72. The molecular formula is C23H40N10O5. The van der Waals surface area contributed by atoms with Gasteiger partial charge in [0.2, 0.25) is 17.7 Å². The molecule has 0 saturated carbocycles. The zero-order chi connectivity index (χ0) is 27.9. The predicted molar refractivity (Wildman–Crippen MR) is 140 cm³/mol. The van der Waals surface area contributed by atoms with Crippen molar-refractivity contribution in [3.63, 3.8) is 0 Å². The van der Waals surface area contributed by atoms with Crippen LogP contribution in [0.2, 0.25) is 0 Å². The number of nitrogens with zero attached hydrogens (tertiary/aromatic N) is 2. The first-order chi connectivity index (χ1) is 18.2. The van der Waals surface area contributed by atoms with E-state index in [0.717, 1.165) is 6.42 Å². The van der Waals surface area contributed by atoms with Gasteiger partial charge in [0.25, 0.3) is 0 Å². The van der Waals surface area contributed by atoms with Gasteiger partial charge in [0.1, 0.15) is 18.1 Å². The van der Waals surface area contributed by atoms with E-state index in [9.17, 15) is 24.3 Å². The van der Waals surface area contributed by atoms with Crippen LogP contribution in [-0.4, -0.2) is 88.5 Å². The van der Waals surface area contributed by atoms with Gasteiger partial charge in [-0.25, -0.2) is 9.78 Å². The highest BCUT2D eigenvalue weighted by atomic mass is 16.4. The number of guanidine groups is 1. The molecule has 0 bridgehead atoms. The molecule has 1 aromatic rings. The maximum atomic E-state index is 13.3. The first kappa shape index (κ1) is 30.5. The lowest BCUT2D eigenvalue weighted by Gasteiger charge is -2.25. The molecule has 0 aromatic carbocycles. The summed E-state index contributed by atoms with van der Waals surface area (Å²) in [4.78, 5) is 61.7. The van der Waals surface area contributed by atoms with Gasteiger partial charge >= 0.3 is 5.97 Å². The Kier molecular flexibility index (Phi) is 13.0. The fourth-order valence-corrected chi connectivity index (χ4v) is 4.07. The average molecular weight is 537 g/mol. The lowest BCUT2D eigenvalue weighted by atomic mass is 10.1. The molecule has 0 aliphatic carbocycles. The summed E-state index contributed by atoms with van der Waals surface area (Å²) in [7, 11) is 0. The summed E-state index contributed by atoms with van der Waals surface area (Å²) in [6, 6.07) is -3.63. The summed E-state index contributed by atoms with van der Waals surface area (Å²) in [5, 5.41) is 20.6. The summed E-state index contributed by atoms with van der Waals surface area (Å²) < 4.78 is 0. The van der Waals surface area contributed by atoms with Crippen LogP contribution >= 0.6 is 0 Å². The second-order valence-corrected chi connectivity index (χ2v) is 9.18. The van der Waals surface area contributed by atoms with Gasteiger partial charge in [-0.3, -0.25) is 19.4 Å². The van der Waals surface area contributed by atoms with Crippen LogP contribution < -0.4 is 38.5 Å². The Labute approximate surface area is 221 Å². The van der Waals surface area contributed by atoms with Crippen LogP contribution in [0.1, 0.15) is 50.6 Å². The molecule has 1 fully saturated rings. The van der Waals surface area contributed by atoms with E-state index in [2.05, 4.69) is 36.2 Å². The van der Waals surface area contributed by atoms with Crippen molar-refractivity contribution >= 4 is 29.7 Å². The predicted octanol–water partition coefficient (Wildman–Crippen LogP) is -2.57. The van der Waals surface area contributed by atoms with Crippen LogP contribution in [0.4, 0.5) is 0 Å². The van der Waals surface area contributed by atoms with Crippen molar-refractivity contribution in [2.45, 2.75) is 75.5 Å². The van der Waals surface area contributed by atoms with Crippen molar-refractivity contribution in [3.8, 4) is 0 Å². The molecule has 1 aliphatic rings. The Morgan fingerprint density at radius 1 is 1.05 bits per heavy atom. The Bertz CT molecular complexity index is 929. The largest absolute Gasteiger partial charge is 0.480 e. The minimum Gasteiger partial charge on any atom is -0.480 e. The SMILES string of the molecule is NCCCCC(NC(=O)C(CCCN=C(N)N)NC(=O)C(Cc1cnc[nH]1)NC(=O)C1CCCN1)C(=O)O. The smallest absolute Gasteiger partial charge is 0.326 e.